The summed E-state index contributed by atoms with van der Waals surface area (Å²) in [6, 6.07) is 23.2. The van der Waals surface area contributed by atoms with Gasteiger partial charge in [0.05, 0.1) is 11.0 Å². The molecule has 5 heteroatoms. The third-order valence-electron chi connectivity index (χ3n) is 4.23. The first-order chi connectivity index (χ1) is 13.7. The topological polar surface area (TPSA) is 55.0 Å². The molecule has 1 N–H and O–H groups in total. The highest BCUT2D eigenvalue weighted by Crippen LogP contribution is 2.18. The number of para-hydroxylation sites is 2. The van der Waals surface area contributed by atoms with Crippen molar-refractivity contribution >= 4 is 38.8 Å². The average molecular weight is 433 g/mol. The van der Waals surface area contributed by atoms with Crippen molar-refractivity contribution < 1.29 is 9.53 Å². The molecule has 3 aromatic carbocycles. The molecule has 0 saturated heterocycles. The highest BCUT2D eigenvalue weighted by atomic mass is 79.9. The SMILES string of the molecule is O=C(/C=C/c1cccc(OCc2ccc(Br)cc2)c1)c1nc2ccccc2[nH]1. The molecular formula is C23H17BrN2O2. The first-order valence-electron chi connectivity index (χ1n) is 8.82. The van der Waals surface area contributed by atoms with Crippen LogP contribution in [0, 0.1) is 0 Å². The number of fused-ring (bicyclic) bond motifs is 1. The minimum Gasteiger partial charge on any atom is -0.489 e. The van der Waals surface area contributed by atoms with Crippen molar-refractivity contribution in [2.24, 2.45) is 0 Å². The molecule has 0 atom stereocenters. The molecule has 0 bridgehead atoms. The molecule has 4 aromatic rings. The van der Waals surface area contributed by atoms with E-state index < -0.39 is 0 Å². The van der Waals surface area contributed by atoms with E-state index in [1.165, 1.54) is 6.08 Å². The number of halogens is 1. The summed E-state index contributed by atoms with van der Waals surface area (Å²) < 4.78 is 6.89. The minimum absolute atomic E-state index is 0.169. The highest BCUT2D eigenvalue weighted by Gasteiger charge is 2.08. The van der Waals surface area contributed by atoms with E-state index in [1.807, 2.05) is 72.8 Å². The van der Waals surface area contributed by atoms with Crippen LogP contribution in [0.2, 0.25) is 0 Å². The quantitative estimate of drug-likeness (QED) is 0.309. The number of imidazole rings is 1. The van der Waals surface area contributed by atoms with Gasteiger partial charge in [0.15, 0.2) is 5.82 Å². The van der Waals surface area contributed by atoms with Gasteiger partial charge in [-0.3, -0.25) is 4.79 Å². The Hall–Kier alpha value is -3.18. The fourth-order valence-corrected chi connectivity index (χ4v) is 3.04. The molecule has 1 heterocycles. The largest absolute Gasteiger partial charge is 0.489 e. The van der Waals surface area contributed by atoms with Crippen molar-refractivity contribution in [3.05, 3.63) is 100 Å². The summed E-state index contributed by atoms with van der Waals surface area (Å²) in [5.74, 6) is 0.915. The Bertz CT molecular complexity index is 1110. The maximum Gasteiger partial charge on any atom is 0.221 e. The zero-order chi connectivity index (χ0) is 19.3. The first kappa shape index (κ1) is 18.2. The van der Waals surface area contributed by atoms with Crippen molar-refractivity contribution in [3.8, 4) is 5.75 Å². The molecule has 1 aromatic heterocycles. The van der Waals surface area contributed by atoms with Crippen LogP contribution < -0.4 is 4.74 Å². The number of rotatable bonds is 6. The molecule has 0 aliphatic heterocycles. The first-order valence-corrected chi connectivity index (χ1v) is 9.61. The van der Waals surface area contributed by atoms with Crippen LogP contribution in [0.4, 0.5) is 0 Å². The number of ketones is 1. The second-order valence-corrected chi connectivity index (χ2v) is 7.20. The van der Waals surface area contributed by atoms with Gasteiger partial charge in [-0.05, 0) is 53.6 Å². The van der Waals surface area contributed by atoms with Gasteiger partial charge >= 0.3 is 0 Å². The molecule has 0 aliphatic carbocycles. The van der Waals surface area contributed by atoms with Gasteiger partial charge in [-0.2, -0.15) is 0 Å². The van der Waals surface area contributed by atoms with Crippen LogP contribution in [0.15, 0.2) is 83.3 Å². The Balaban J connectivity index is 1.43. The predicted octanol–water partition coefficient (Wildman–Crippen LogP) is 5.80. The summed E-state index contributed by atoms with van der Waals surface area (Å²) in [5.41, 5.74) is 3.60. The van der Waals surface area contributed by atoms with E-state index in [-0.39, 0.29) is 5.78 Å². The lowest BCUT2D eigenvalue weighted by Gasteiger charge is -2.07. The van der Waals surface area contributed by atoms with E-state index in [9.17, 15) is 4.79 Å². The molecule has 0 amide bonds. The van der Waals surface area contributed by atoms with E-state index in [0.29, 0.717) is 12.4 Å². The molecule has 0 fully saturated rings. The van der Waals surface area contributed by atoms with Gasteiger partial charge in [0.1, 0.15) is 12.4 Å². The van der Waals surface area contributed by atoms with Crippen molar-refractivity contribution in [3.63, 3.8) is 0 Å². The van der Waals surface area contributed by atoms with E-state index >= 15 is 0 Å². The van der Waals surface area contributed by atoms with Gasteiger partial charge in [-0.1, -0.05) is 58.4 Å². The number of allylic oxidation sites excluding steroid dienone is 1. The number of H-pyrrole nitrogens is 1. The second kappa shape index (κ2) is 8.23. The fourth-order valence-electron chi connectivity index (χ4n) is 2.78. The van der Waals surface area contributed by atoms with Crippen molar-refractivity contribution in [1.29, 1.82) is 0 Å². The van der Waals surface area contributed by atoms with Crippen LogP contribution in [0.25, 0.3) is 17.1 Å². The lowest BCUT2D eigenvalue weighted by atomic mass is 10.2. The van der Waals surface area contributed by atoms with E-state index in [0.717, 1.165) is 32.4 Å². The molecule has 4 rings (SSSR count). The number of ether oxygens (including phenoxy) is 1. The normalized spacial score (nSPS) is 11.2. The number of aromatic nitrogens is 2. The number of benzene rings is 3. The Morgan fingerprint density at radius 2 is 1.86 bits per heavy atom. The summed E-state index contributed by atoms with van der Waals surface area (Å²) in [7, 11) is 0. The van der Waals surface area contributed by atoms with Crippen molar-refractivity contribution in [2.45, 2.75) is 6.61 Å². The Morgan fingerprint density at radius 1 is 1.04 bits per heavy atom. The van der Waals surface area contributed by atoms with Gasteiger partial charge in [-0.25, -0.2) is 4.98 Å². The zero-order valence-corrected chi connectivity index (χ0v) is 16.5. The standard InChI is InChI=1S/C23H17BrN2O2/c24-18-11-8-17(9-12-18)15-28-19-5-3-4-16(14-19)10-13-22(27)23-25-20-6-1-2-7-21(20)26-23/h1-14H,15H2,(H,25,26)/b13-10+. The van der Waals surface area contributed by atoms with Crippen LogP contribution in [0.5, 0.6) is 5.75 Å². The van der Waals surface area contributed by atoms with E-state index in [1.54, 1.807) is 6.08 Å². The van der Waals surface area contributed by atoms with Crippen molar-refractivity contribution in [2.75, 3.05) is 0 Å². The van der Waals surface area contributed by atoms with Crippen LogP contribution >= 0.6 is 15.9 Å². The second-order valence-electron chi connectivity index (χ2n) is 6.29. The lowest BCUT2D eigenvalue weighted by molar-refractivity contribution is 0.103. The smallest absolute Gasteiger partial charge is 0.221 e. The van der Waals surface area contributed by atoms with Gasteiger partial charge < -0.3 is 9.72 Å². The van der Waals surface area contributed by atoms with Crippen LogP contribution in [-0.2, 0) is 6.61 Å². The number of nitrogens with one attached hydrogen (secondary N) is 1. The molecule has 0 aliphatic rings. The number of nitrogens with zero attached hydrogens (tertiary/aromatic N) is 1. The summed E-state index contributed by atoms with van der Waals surface area (Å²) in [6.07, 6.45) is 3.29. The van der Waals surface area contributed by atoms with Crippen molar-refractivity contribution in [1.82, 2.24) is 9.97 Å². The number of carbonyl (C=O) groups is 1. The number of aromatic amines is 1. The summed E-state index contributed by atoms with van der Waals surface area (Å²) in [6.45, 7) is 0.484. The summed E-state index contributed by atoms with van der Waals surface area (Å²) in [5, 5.41) is 0. The van der Waals surface area contributed by atoms with Crippen LogP contribution in [-0.4, -0.2) is 15.8 Å². The molecular weight excluding hydrogens is 416 g/mol. The minimum atomic E-state index is -0.169. The van der Waals surface area contributed by atoms with Gasteiger partial charge in [0.25, 0.3) is 0 Å². The maximum atomic E-state index is 12.4. The Kier molecular flexibility index (Phi) is 5.35. The number of hydrogen-bond donors (Lipinski definition) is 1. The molecule has 0 saturated carbocycles. The lowest BCUT2D eigenvalue weighted by Crippen LogP contribution is -1.97. The Morgan fingerprint density at radius 3 is 2.68 bits per heavy atom. The Labute approximate surface area is 171 Å². The molecule has 0 radical (unpaired) electrons. The van der Waals surface area contributed by atoms with E-state index in [2.05, 4.69) is 25.9 Å². The van der Waals surface area contributed by atoms with E-state index in [4.69, 9.17) is 4.74 Å². The summed E-state index contributed by atoms with van der Waals surface area (Å²) >= 11 is 3.42. The van der Waals surface area contributed by atoms with Crippen LogP contribution in [0.3, 0.4) is 0 Å². The highest BCUT2D eigenvalue weighted by molar-refractivity contribution is 9.10. The zero-order valence-electron chi connectivity index (χ0n) is 14.9. The molecule has 0 spiro atoms. The van der Waals surface area contributed by atoms with Gasteiger partial charge in [0, 0.05) is 4.47 Å². The monoisotopic (exact) mass is 432 g/mol. The molecule has 0 unspecified atom stereocenters. The van der Waals surface area contributed by atoms with Gasteiger partial charge in [-0.15, -0.1) is 0 Å². The average Bonchev–Trinajstić information content (AvgIpc) is 3.16. The number of carbonyl (C=O) groups excluding carboxylic acids is 1. The molecule has 4 nitrogen and oxygen atoms in total. The molecule has 138 valence electrons. The predicted molar refractivity (Wildman–Crippen MR) is 114 cm³/mol. The molecule has 28 heavy (non-hydrogen) atoms. The van der Waals surface area contributed by atoms with Crippen LogP contribution in [0.1, 0.15) is 21.7 Å². The van der Waals surface area contributed by atoms with Gasteiger partial charge in [0.2, 0.25) is 5.78 Å². The fraction of sp³-hybridized carbons (Fsp3) is 0.0435. The third kappa shape index (κ3) is 4.38. The summed E-state index contributed by atoms with van der Waals surface area (Å²) in [4.78, 5) is 19.8. The number of hydrogen-bond acceptors (Lipinski definition) is 3. The maximum absolute atomic E-state index is 12.4. The third-order valence-corrected chi connectivity index (χ3v) is 4.76.